The van der Waals surface area contributed by atoms with Gasteiger partial charge in [-0.05, 0) is 12.8 Å². The Bertz CT molecular complexity index is 360. The molecule has 1 aliphatic carbocycles. The van der Waals surface area contributed by atoms with Crippen molar-refractivity contribution in [1.29, 1.82) is 0 Å². The zero-order valence-electron chi connectivity index (χ0n) is 8.91. The first-order valence-corrected chi connectivity index (χ1v) is 5.69. The Kier molecular flexibility index (Phi) is 3.20. The van der Waals surface area contributed by atoms with Crippen LogP contribution in [-0.2, 0) is 6.54 Å². The molecule has 0 bridgehead atoms. The van der Waals surface area contributed by atoms with Crippen LogP contribution in [0.3, 0.4) is 0 Å². The number of nitrogens with one attached hydrogen (secondary N) is 1. The van der Waals surface area contributed by atoms with Crippen molar-refractivity contribution in [2.45, 2.75) is 51.1 Å². The second-order valence-corrected chi connectivity index (χ2v) is 4.17. The van der Waals surface area contributed by atoms with Gasteiger partial charge in [0.2, 0.25) is 0 Å². The van der Waals surface area contributed by atoms with Crippen molar-refractivity contribution < 1.29 is 0 Å². The molecule has 0 saturated heterocycles. The Labute approximate surface area is 88.7 Å². The van der Waals surface area contributed by atoms with Gasteiger partial charge in [0.15, 0.2) is 0 Å². The molecule has 2 rings (SSSR count). The molecule has 1 aromatic rings. The molecule has 15 heavy (non-hydrogen) atoms. The van der Waals surface area contributed by atoms with E-state index in [-0.39, 0.29) is 11.7 Å². The summed E-state index contributed by atoms with van der Waals surface area (Å²) in [6.45, 7) is 0.301. The summed E-state index contributed by atoms with van der Waals surface area (Å²) >= 11 is 0. The van der Waals surface area contributed by atoms with Crippen LogP contribution in [0.1, 0.15) is 50.4 Å². The third-order valence-corrected chi connectivity index (χ3v) is 3.05. The van der Waals surface area contributed by atoms with E-state index in [4.69, 9.17) is 5.73 Å². The van der Waals surface area contributed by atoms with Crippen molar-refractivity contribution in [3.05, 3.63) is 16.3 Å². The first-order valence-electron chi connectivity index (χ1n) is 5.69. The highest BCUT2D eigenvalue weighted by molar-refractivity contribution is 4.83. The molecular formula is C10H18N4O. The molecule has 0 aromatic carbocycles. The van der Waals surface area contributed by atoms with E-state index < -0.39 is 0 Å². The highest BCUT2D eigenvalue weighted by Crippen LogP contribution is 2.25. The molecular weight excluding hydrogens is 192 g/mol. The lowest BCUT2D eigenvalue weighted by molar-refractivity contribution is 0.392. The monoisotopic (exact) mass is 210 g/mol. The number of hydrogen-bond acceptors (Lipinski definition) is 3. The van der Waals surface area contributed by atoms with Crippen LogP contribution in [0, 0.1) is 0 Å². The lowest BCUT2D eigenvalue weighted by Gasteiger charge is -2.12. The number of rotatable bonds is 2. The van der Waals surface area contributed by atoms with Crippen molar-refractivity contribution in [3.8, 4) is 0 Å². The summed E-state index contributed by atoms with van der Waals surface area (Å²) in [5.41, 5.74) is 5.34. The number of nitrogens with two attached hydrogens (primary N) is 1. The number of nitrogens with zero attached hydrogens (tertiary/aromatic N) is 2. The maximum absolute atomic E-state index is 11.6. The third-order valence-electron chi connectivity index (χ3n) is 3.05. The van der Waals surface area contributed by atoms with Gasteiger partial charge in [0, 0.05) is 0 Å². The average molecular weight is 210 g/mol. The van der Waals surface area contributed by atoms with Crippen LogP contribution in [-0.4, -0.2) is 14.8 Å². The first-order chi connectivity index (χ1) is 7.31. The molecule has 1 aliphatic rings. The minimum atomic E-state index is -0.109. The Hall–Kier alpha value is -1.10. The molecule has 3 N–H and O–H groups in total. The summed E-state index contributed by atoms with van der Waals surface area (Å²) in [5, 5.41) is 4.22. The van der Waals surface area contributed by atoms with E-state index in [0.29, 0.717) is 12.4 Å². The van der Waals surface area contributed by atoms with Crippen LogP contribution in [0.2, 0.25) is 0 Å². The lowest BCUT2D eigenvalue weighted by atomic mass is 10.1. The fourth-order valence-electron chi connectivity index (χ4n) is 2.22. The fraction of sp³-hybridized carbons (Fsp3) is 0.800. The molecule has 1 fully saturated rings. The summed E-state index contributed by atoms with van der Waals surface area (Å²) in [6, 6.07) is 0.275. The lowest BCUT2D eigenvalue weighted by Crippen LogP contribution is -2.23. The topological polar surface area (TPSA) is 76.7 Å². The van der Waals surface area contributed by atoms with Crippen molar-refractivity contribution in [1.82, 2.24) is 14.8 Å². The van der Waals surface area contributed by atoms with E-state index in [9.17, 15) is 4.79 Å². The smallest absolute Gasteiger partial charge is 0.324 e. The molecule has 0 atom stereocenters. The largest absolute Gasteiger partial charge is 0.343 e. The van der Waals surface area contributed by atoms with Crippen molar-refractivity contribution in [3.63, 3.8) is 0 Å². The summed E-state index contributed by atoms with van der Waals surface area (Å²) < 4.78 is 1.59. The molecule has 84 valence electrons. The third kappa shape index (κ3) is 2.28. The summed E-state index contributed by atoms with van der Waals surface area (Å²) in [6.07, 6.45) is 7.08. The van der Waals surface area contributed by atoms with Gasteiger partial charge in [0.05, 0.1) is 12.6 Å². The van der Waals surface area contributed by atoms with Crippen LogP contribution in [0.25, 0.3) is 0 Å². The zero-order valence-corrected chi connectivity index (χ0v) is 8.91. The van der Waals surface area contributed by atoms with Crippen molar-refractivity contribution in [2.75, 3.05) is 0 Å². The number of H-pyrrole nitrogens is 1. The maximum atomic E-state index is 11.6. The van der Waals surface area contributed by atoms with E-state index in [1.54, 1.807) is 4.68 Å². The second-order valence-electron chi connectivity index (χ2n) is 4.17. The predicted octanol–water partition coefficient (Wildman–Crippen LogP) is 0.925. The van der Waals surface area contributed by atoms with Crippen LogP contribution < -0.4 is 11.4 Å². The fourth-order valence-corrected chi connectivity index (χ4v) is 2.22. The van der Waals surface area contributed by atoms with E-state index in [2.05, 4.69) is 10.1 Å². The van der Waals surface area contributed by atoms with E-state index in [1.807, 2.05) is 0 Å². The number of hydrogen-bond donors (Lipinski definition) is 2. The normalized spacial score (nSPS) is 19.0. The number of aromatic amines is 1. The quantitative estimate of drug-likeness (QED) is 0.713. The molecule has 0 unspecified atom stereocenters. The van der Waals surface area contributed by atoms with Crippen molar-refractivity contribution >= 4 is 0 Å². The zero-order chi connectivity index (χ0) is 10.7. The Morgan fingerprint density at radius 3 is 2.53 bits per heavy atom. The Morgan fingerprint density at radius 1 is 1.33 bits per heavy atom. The van der Waals surface area contributed by atoms with Crippen LogP contribution in [0.4, 0.5) is 0 Å². The molecule has 0 aliphatic heterocycles. The standard InChI is InChI=1S/C10H18N4O/c11-7-9-12-10(15)14(13-9)8-5-3-1-2-4-6-8/h8H,1-7,11H2,(H,12,13,15). The van der Waals surface area contributed by atoms with Gasteiger partial charge in [-0.1, -0.05) is 25.7 Å². The predicted molar refractivity (Wildman–Crippen MR) is 57.5 cm³/mol. The highest BCUT2D eigenvalue weighted by atomic mass is 16.2. The summed E-state index contributed by atoms with van der Waals surface area (Å²) in [7, 11) is 0. The molecule has 1 aromatic heterocycles. The molecule has 1 saturated carbocycles. The van der Waals surface area contributed by atoms with Crippen LogP contribution in [0.15, 0.2) is 4.79 Å². The van der Waals surface area contributed by atoms with Gasteiger partial charge in [-0.3, -0.25) is 4.98 Å². The van der Waals surface area contributed by atoms with E-state index in [0.717, 1.165) is 12.8 Å². The van der Waals surface area contributed by atoms with E-state index >= 15 is 0 Å². The molecule has 0 radical (unpaired) electrons. The van der Waals surface area contributed by atoms with Gasteiger partial charge in [0.25, 0.3) is 0 Å². The molecule has 0 spiro atoms. The number of aromatic nitrogens is 3. The van der Waals surface area contributed by atoms with Gasteiger partial charge < -0.3 is 5.73 Å². The summed E-state index contributed by atoms with van der Waals surface area (Å²) in [5.74, 6) is 0.587. The van der Waals surface area contributed by atoms with Gasteiger partial charge in [0.1, 0.15) is 5.82 Å². The van der Waals surface area contributed by atoms with Crippen LogP contribution >= 0.6 is 0 Å². The van der Waals surface area contributed by atoms with Gasteiger partial charge in [-0.2, -0.15) is 5.10 Å². The SMILES string of the molecule is NCc1nn(C2CCCCCC2)c(=O)[nH]1. The van der Waals surface area contributed by atoms with Crippen molar-refractivity contribution in [2.24, 2.45) is 5.73 Å². The Morgan fingerprint density at radius 2 is 2.00 bits per heavy atom. The highest BCUT2D eigenvalue weighted by Gasteiger charge is 2.17. The summed E-state index contributed by atoms with van der Waals surface area (Å²) in [4.78, 5) is 14.3. The van der Waals surface area contributed by atoms with Gasteiger partial charge in [-0.25, -0.2) is 9.48 Å². The molecule has 5 nitrogen and oxygen atoms in total. The molecule has 5 heteroatoms. The van der Waals surface area contributed by atoms with Gasteiger partial charge in [-0.15, -0.1) is 0 Å². The van der Waals surface area contributed by atoms with Gasteiger partial charge >= 0.3 is 5.69 Å². The molecule has 1 heterocycles. The van der Waals surface area contributed by atoms with E-state index in [1.165, 1.54) is 25.7 Å². The first kappa shape index (κ1) is 10.4. The minimum absolute atomic E-state index is 0.109. The minimum Gasteiger partial charge on any atom is -0.324 e. The second kappa shape index (κ2) is 4.61. The van der Waals surface area contributed by atoms with Crippen LogP contribution in [0.5, 0.6) is 0 Å². The molecule has 0 amide bonds. The average Bonchev–Trinajstić information content (AvgIpc) is 2.48. The Balaban J connectivity index is 2.19. The maximum Gasteiger partial charge on any atom is 0.343 e.